The Hall–Kier alpha value is -2.63. The highest BCUT2D eigenvalue weighted by Crippen LogP contribution is 2.32. The number of aromatic nitrogens is 2. The third-order valence-corrected chi connectivity index (χ3v) is 6.77. The summed E-state index contributed by atoms with van der Waals surface area (Å²) in [6.45, 7) is 2.09. The zero-order valence-corrected chi connectivity index (χ0v) is 16.8. The predicted octanol–water partition coefficient (Wildman–Crippen LogP) is 3.19. The monoisotopic (exact) mass is 392 g/mol. The molecule has 1 saturated carbocycles. The molecule has 2 aliphatic heterocycles. The van der Waals surface area contributed by atoms with Crippen LogP contribution in [0, 0.1) is 0 Å². The molecule has 29 heavy (non-hydrogen) atoms. The first-order chi connectivity index (χ1) is 14.2. The average molecular weight is 393 g/mol. The van der Waals surface area contributed by atoms with Crippen LogP contribution < -0.4 is 0 Å². The summed E-state index contributed by atoms with van der Waals surface area (Å²) in [6.07, 6.45) is 8.93. The Morgan fingerprint density at radius 1 is 0.931 bits per heavy atom. The Balaban J connectivity index is 1.48. The summed E-state index contributed by atoms with van der Waals surface area (Å²) in [7, 11) is 0. The summed E-state index contributed by atoms with van der Waals surface area (Å²) < 4.78 is 1.91. The summed E-state index contributed by atoms with van der Waals surface area (Å²) in [4.78, 5) is 30.8. The van der Waals surface area contributed by atoms with E-state index >= 15 is 0 Å². The molecule has 152 valence electrons. The fraction of sp³-hybridized carbons (Fsp3) is 0.522. The van der Waals surface area contributed by atoms with Crippen molar-refractivity contribution in [3.63, 3.8) is 0 Å². The van der Waals surface area contributed by atoms with E-state index in [0.717, 1.165) is 44.3 Å². The fourth-order valence-corrected chi connectivity index (χ4v) is 5.18. The summed E-state index contributed by atoms with van der Waals surface area (Å²) >= 11 is 0. The largest absolute Gasteiger partial charge is 0.341 e. The van der Waals surface area contributed by atoms with Gasteiger partial charge in [0.15, 0.2) is 0 Å². The number of likely N-dealkylation sites (tertiary alicyclic amines) is 1. The molecule has 0 N–H and O–H groups in total. The fourth-order valence-electron chi connectivity index (χ4n) is 5.18. The quantitative estimate of drug-likeness (QED) is 0.806. The van der Waals surface area contributed by atoms with Gasteiger partial charge in [0.2, 0.25) is 5.91 Å². The Morgan fingerprint density at radius 3 is 2.41 bits per heavy atom. The summed E-state index contributed by atoms with van der Waals surface area (Å²) in [6, 6.07) is 9.87. The number of benzene rings is 1. The zero-order valence-electron chi connectivity index (χ0n) is 16.8. The Bertz CT molecular complexity index is 909. The third kappa shape index (κ3) is 3.34. The lowest BCUT2D eigenvalue weighted by Gasteiger charge is -2.38. The highest BCUT2D eigenvalue weighted by Gasteiger charge is 2.39. The van der Waals surface area contributed by atoms with Crippen molar-refractivity contribution in [1.29, 1.82) is 0 Å². The highest BCUT2D eigenvalue weighted by atomic mass is 16.2. The molecule has 2 aromatic rings. The first-order valence-electron chi connectivity index (χ1n) is 10.9. The van der Waals surface area contributed by atoms with Crippen LogP contribution in [0.25, 0.3) is 0 Å². The van der Waals surface area contributed by atoms with Crippen LogP contribution >= 0.6 is 0 Å². The SMILES string of the molecule is O=C(C1Cc2ccccc2CN1C(=O)c1ccnn1C1CCCC1)N1CCCC1. The van der Waals surface area contributed by atoms with Gasteiger partial charge in [-0.15, -0.1) is 0 Å². The van der Waals surface area contributed by atoms with E-state index in [4.69, 9.17) is 0 Å². The molecule has 1 unspecified atom stereocenters. The molecule has 3 heterocycles. The maximum atomic E-state index is 13.7. The Morgan fingerprint density at radius 2 is 1.66 bits per heavy atom. The van der Waals surface area contributed by atoms with Gasteiger partial charge in [0, 0.05) is 32.3 Å². The molecule has 6 heteroatoms. The topological polar surface area (TPSA) is 58.4 Å². The maximum Gasteiger partial charge on any atom is 0.273 e. The van der Waals surface area contributed by atoms with Crippen LogP contribution in [0.3, 0.4) is 0 Å². The number of nitrogens with zero attached hydrogens (tertiary/aromatic N) is 4. The van der Waals surface area contributed by atoms with Gasteiger partial charge in [-0.05, 0) is 42.9 Å². The lowest BCUT2D eigenvalue weighted by Crippen LogP contribution is -2.53. The van der Waals surface area contributed by atoms with Gasteiger partial charge in [0.1, 0.15) is 11.7 Å². The van der Waals surface area contributed by atoms with Gasteiger partial charge in [-0.3, -0.25) is 14.3 Å². The number of hydrogen-bond donors (Lipinski definition) is 0. The van der Waals surface area contributed by atoms with Crippen molar-refractivity contribution in [2.75, 3.05) is 13.1 Å². The summed E-state index contributed by atoms with van der Waals surface area (Å²) in [5, 5.41) is 4.48. The van der Waals surface area contributed by atoms with E-state index in [9.17, 15) is 9.59 Å². The second-order valence-corrected chi connectivity index (χ2v) is 8.55. The molecule has 2 amide bonds. The first-order valence-corrected chi connectivity index (χ1v) is 10.9. The molecule has 1 aromatic heterocycles. The van der Waals surface area contributed by atoms with E-state index in [1.807, 2.05) is 27.8 Å². The molecule has 0 spiro atoms. The molecule has 0 bridgehead atoms. The zero-order chi connectivity index (χ0) is 19.8. The van der Waals surface area contributed by atoms with Crippen molar-refractivity contribution >= 4 is 11.8 Å². The number of amides is 2. The van der Waals surface area contributed by atoms with Crippen LogP contribution in [0.1, 0.15) is 66.2 Å². The number of hydrogen-bond acceptors (Lipinski definition) is 3. The first kappa shape index (κ1) is 18.4. The molecule has 1 aliphatic carbocycles. The molecule has 0 radical (unpaired) electrons. The minimum atomic E-state index is -0.428. The molecule has 1 saturated heterocycles. The molecular formula is C23H28N4O2. The highest BCUT2D eigenvalue weighted by molar-refractivity contribution is 5.97. The lowest BCUT2D eigenvalue weighted by atomic mass is 9.93. The third-order valence-electron chi connectivity index (χ3n) is 6.77. The van der Waals surface area contributed by atoms with E-state index < -0.39 is 6.04 Å². The van der Waals surface area contributed by atoms with E-state index in [1.54, 1.807) is 11.1 Å². The van der Waals surface area contributed by atoms with Gasteiger partial charge in [-0.1, -0.05) is 37.1 Å². The molecule has 1 atom stereocenters. The molecule has 3 aliphatic rings. The van der Waals surface area contributed by atoms with Crippen LogP contribution in [0.4, 0.5) is 0 Å². The van der Waals surface area contributed by atoms with Crippen LogP contribution in [0.2, 0.25) is 0 Å². The number of fused-ring (bicyclic) bond motifs is 1. The summed E-state index contributed by atoms with van der Waals surface area (Å²) in [5.41, 5.74) is 2.94. The Labute approximate surface area is 171 Å². The van der Waals surface area contributed by atoms with E-state index in [-0.39, 0.29) is 11.8 Å². The van der Waals surface area contributed by atoms with E-state index in [0.29, 0.717) is 24.7 Å². The van der Waals surface area contributed by atoms with Gasteiger partial charge in [0.05, 0.1) is 6.04 Å². The van der Waals surface area contributed by atoms with Crippen molar-refractivity contribution in [3.8, 4) is 0 Å². The number of carbonyl (C=O) groups excluding carboxylic acids is 2. The second kappa shape index (κ2) is 7.65. The van der Waals surface area contributed by atoms with Crippen molar-refractivity contribution in [3.05, 3.63) is 53.3 Å². The summed E-state index contributed by atoms with van der Waals surface area (Å²) in [5.74, 6) is 0.0266. The number of rotatable bonds is 3. The minimum absolute atomic E-state index is 0.0681. The average Bonchev–Trinajstić information content (AvgIpc) is 3.52. The lowest BCUT2D eigenvalue weighted by molar-refractivity contribution is -0.135. The van der Waals surface area contributed by atoms with Crippen LogP contribution in [-0.2, 0) is 17.8 Å². The van der Waals surface area contributed by atoms with Crippen molar-refractivity contribution in [2.24, 2.45) is 0 Å². The van der Waals surface area contributed by atoms with E-state index in [1.165, 1.54) is 18.4 Å². The second-order valence-electron chi connectivity index (χ2n) is 8.55. The molecule has 6 nitrogen and oxygen atoms in total. The normalized spacial score (nSPS) is 22.1. The van der Waals surface area contributed by atoms with Crippen molar-refractivity contribution in [1.82, 2.24) is 19.6 Å². The van der Waals surface area contributed by atoms with Crippen LogP contribution in [0.5, 0.6) is 0 Å². The standard InChI is InChI=1S/C23H28N4O2/c28-22(25-13-5-6-14-25)21-15-17-7-1-2-8-18(17)16-26(21)23(29)20-11-12-24-27(20)19-9-3-4-10-19/h1-2,7-8,11-12,19,21H,3-6,9-10,13-16H2. The maximum absolute atomic E-state index is 13.7. The van der Waals surface area contributed by atoms with Gasteiger partial charge in [-0.2, -0.15) is 5.10 Å². The van der Waals surface area contributed by atoms with Crippen molar-refractivity contribution < 1.29 is 9.59 Å². The van der Waals surface area contributed by atoms with Crippen LogP contribution in [-0.4, -0.2) is 50.5 Å². The molecule has 5 rings (SSSR count). The van der Waals surface area contributed by atoms with Gasteiger partial charge >= 0.3 is 0 Å². The molecule has 1 aromatic carbocycles. The minimum Gasteiger partial charge on any atom is -0.341 e. The van der Waals surface area contributed by atoms with Crippen molar-refractivity contribution in [2.45, 2.75) is 63.6 Å². The van der Waals surface area contributed by atoms with E-state index in [2.05, 4.69) is 17.2 Å². The predicted molar refractivity (Wildman–Crippen MR) is 109 cm³/mol. The van der Waals surface area contributed by atoms with Gasteiger partial charge < -0.3 is 9.80 Å². The van der Waals surface area contributed by atoms with Crippen LogP contribution in [0.15, 0.2) is 36.5 Å². The number of carbonyl (C=O) groups is 2. The van der Waals surface area contributed by atoms with Gasteiger partial charge in [-0.25, -0.2) is 0 Å². The molecule has 2 fully saturated rings. The smallest absolute Gasteiger partial charge is 0.273 e. The Kier molecular flexibility index (Phi) is 4.86. The molecular weight excluding hydrogens is 364 g/mol. The van der Waals surface area contributed by atoms with Gasteiger partial charge in [0.25, 0.3) is 5.91 Å².